The number of nitrogens with zero attached hydrogens (tertiary/aromatic N) is 1. The van der Waals surface area contributed by atoms with Crippen molar-refractivity contribution < 1.29 is 14.3 Å². The number of aryl methyl sites for hydroxylation is 1. The van der Waals surface area contributed by atoms with Crippen LogP contribution in [0.2, 0.25) is 0 Å². The second-order valence-corrected chi connectivity index (χ2v) is 7.21. The van der Waals surface area contributed by atoms with E-state index in [0.29, 0.717) is 38.1 Å². The summed E-state index contributed by atoms with van der Waals surface area (Å²) in [6, 6.07) is 17.3. The summed E-state index contributed by atoms with van der Waals surface area (Å²) >= 11 is 0. The summed E-state index contributed by atoms with van der Waals surface area (Å²) in [5, 5.41) is 3.07. The Morgan fingerprint density at radius 1 is 1.04 bits per heavy atom. The number of para-hydroxylation sites is 1. The summed E-state index contributed by atoms with van der Waals surface area (Å²) in [6.45, 7) is 3.94. The van der Waals surface area contributed by atoms with Crippen molar-refractivity contribution in [3.63, 3.8) is 0 Å². The number of rotatable bonds is 7. The molecule has 1 N–H and O–H groups in total. The fraction of sp³-hybridized carbons (Fsp3) is 0.391. The molecule has 0 spiro atoms. The molecular weight excluding hydrogens is 352 g/mol. The van der Waals surface area contributed by atoms with E-state index in [1.165, 1.54) is 0 Å². The van der Waals surface area contributed by atoms with Crippen molar-refractivity contribution >= 4 is 11.8 Å². The molecule has 148 valence electrons. The zero-order valence-corrected chi connectivity index (χ0v) is 16.4. The monoisotopic (exact) mass is 380 g/mol. The summed E-state index contributed by atoms with van der Waals surface area (Å²) in [4.78, 5) is 26.5. The van der Waals surface area contributed by atoms with Gasteiger partial charge in [-0.25, -0.2) is 0 Å². The lowest BCUT2D eigenvalue weighted by molar-refractivity contribution is -0.132. The first kappa shape index (κ1) is 19.9. The number of piperidine rings is 1. The Labute approximate surface area is 166 Å². The minimum absolute atomic E-state index is 0.0428. The van der Waals surface area contributed by atoms with Crippen molar-refractivity contribution in [2.75, 3.05) is 19.7 Å². The number of carbonyl (C=O) groups excluding carboxylic acids is 2. The Balaban J connectivity index is 1.34. The summed E-state index contributed by atoms with van der Waals surface area (Å²) in [5.74, 6) is 1.00. The Kier molecular flexibility index (Phi) is 7.06. The normalized spacial score (nSPS) is 14.5. The van der Waals surface area contributed by atoms with Gasteiger partial charge >= 0.3 is 0 Å². The predicted molar refractivity (Wildman–Crippen MR) is 109 cm³/mol. The quantitative estimate of drug-likeness (QED) is 0.747. The number of carbonyl (C=O) groups is 2. The van der Waals surface area contributed by atoms with Crippen LogP contribution in [0.5, 0.6) is 5.75 Å². The molecule has 0 bridgehead atoms. The number of hydrogen-bond donors (Lipinski definition) is 1. The van der Waals surface area contributed by atoms with E-state index in [-0.39, 0.29) is 17.9 Å². The topological polar surface area (TPSA) is 58.6 Å². The standard InChI is InChI=1S/C23H28N2O3/c1-18-8-5-6-11-21(18)28-17-7-12-22(26)25-15-13-20(14-16-25)24-23(27)19-9-3-2-4-10-19/h2-6,8-11,20H,7,12-17H2,1H3,(H,24,27). The molecule has 2 amide bonds. The third-order valence-electron chi connectivity index (χ3n) is 5.10. The fourth-order valence-corrected chi connectivity index (χ4v) is 3.41. The Morgan fingerprint density at radius 2 is 1.71 bits per heavy atom. The zero-order valence-electron chi connectivity index (χ0n) is 16.4. The summed E-state index contributed by atoms with van der Waals surface area (Å²) < 4.78 is 5.76. The van der Waals surface area contributed by atoms with Gasteiger partial charge in [0, 0.05) is 31.1 Å². The van der Waals surface area contributed by atoms with Crippen LogP contribution in [0.1, 0.15) is 41.6 Å². The highest BCUT2D eigenvalue weighted by molar-refractivity contribution is 5.94. The molecule has 28 heavy (non-hydrogen) atoms. The highest BCUT2D eigenvalue weighted by Gasteiger charge is 2.23. The van der Waals surface area contributed by atoms with Crippen molar-refractivity contribution in [3.05, 3.63) is 65.7 Å². The molecule has 0 aliphatic carbocycles. The van der Waals surface area contributed by atoms with Crippen molar-refractivity contribution in [2.45, 2.75) is 38.6 Å². The maximum atomic E-state index is 12.4. The first-order valence-corrected chi connectivity index (χ1v) is 9.95. The lowest BCUT2D eigenvalue weighted by atomic mass is 10.0. The predicted octanol–water partition coefficient (Wildman–Crippen LogP) is 3.58. The molecule has 5 heteroatoms. The van der Waals surface area contributed by atoms with E-state index >= 15 is 0 Å². The van der Waals surface area contributed by atoms with Gasteiger partial charge in [0.15, 0.2) is 0 Å². The molecule has 2 aromatic rings. The van der Waals surface area contributed by atoms with Gasteiger partial charge in [0.2, 0.25) is 5.91 Å². The molecule has 1 heterocycles. The Bertz CT molecular complexity index is 783. The fourth-order valence-electron chi connectivity index (χ4n) is 3.41. The summed E-state index contributed by atoms with van der Waals surface area (Å²) in [5.41, 5.74) is 1.78. The molecule has 1 fully saturated rings. The molecule has 0 aromatic heterocycles. The molecule has 0 saturated carbocycles. The van der Waals surface area contributed by atoms with Gasteiger partial charge in [-0.3, -0.25) is 9.59 Å². The van der Waals surface area contributed by atoms with Crippen LogP contribution in [0.25, 0.3) is 0 Å². The van der Waals surface area contributed by atoms with Gasteiger partial charge in [0.05, 0.1) is 6.61 Å². The second-order valence-electron chi connectivity index (χ2n) is 7.21. The van der Waals surface area contributed by atoms with Crippen LogP contribution in [0, 0.1) is 6.92 Å². The van der Waals surface area contributed by atoms with E-state index in [9.17, 15) is 9.59 Å². The first-order chi connectivity index (χ1) is 13.6. The first-order valence-electron chi connectivity index (χ1n) is 9.95. The second kappa shape index (κ2) is 9.93. The lowest BCUT2D eigenvalue weighted by Crippen LogP contribution is -2.46. The van der Waals surface area contributed by atoms with Crippen LogP contribution >= 0.6 is 0 Å². The average Bonchev–Trinajstić information content (AvgIpc) is 2.73. The highest BCUT2D eigenvalue weighted by Crippen LogP contribution is 2.17. The van der Waals surface area contributed by atoms with Crippen LogP contribution in [0.3, 0.4) is 0 Å². The number of nitrogens with one attached hydrogen (secondary N) is 1. The Hall–Kier alpha value is -2.82. The zero-order chi connectivity index (χ0) is 19.8. The van der Waals surface area contributed by atoms with Gasteiger partial charge in [-0.15, -0.1) is 0 Å². The largest absolute Gasteiger partial charge is 0.493 e. The molecule has 1 aliphatic heterocycles. The van der Waals surface area contributed by atoms with Crippen LogP contribution in [0.4, 0.5) is 0 Å². The number of ether oxygens (including phenoxy) is 1. The number of hydrogen-bond acceptors (Lipinski definition) is 3. The molecule has 0 unspecified atom stereocenters. The average molecular weight is 380 g/mol. The summed E-state index contributed by atoms with van der Waals surface area (Å²) in [6.07, 6.45) is 2.79. The molecular formula is C23H28N2O3. The maximum Gasteiger partial charge on any atom is 0.251 e. The van der Waals surface area contributed by atoms with Gasteiger partial charge < -0.3 is 15.0 Å². The van der Waals surface area contributed by atoms with Gasteiger partial charge in [-0.1, -0.05) is 36.4 Å². The molecule has 0 radical (unpaired) electrons. The minimum Gasteiger partial charge on any atom is -0.493 e. The van der Waals surface area contributed by atoms with Gasteiger partial charge in [0.1, 0.15) is 5.75 Å². The third-order valence-corrected chi connectivity index (χ3v) is 5.10. The molecule has 5 nitrogen and oxygen atoms in total. The smallest absolute Gasteiger partial charge is 0.251 e. The third kappa shape index (κ3) is 5.59. The van der Waals surface area contributed by atoms with Crippen LogP contribution in [0.15, 0.2) is 54.6 Å². The van der Waals surface area contributed by atoms with Crippen molar-refractivity contribution in [1.29, 1.82) is 0 Å². The molecule has 1 aliphatic rings. The number of benzene rings is 2. The molecule has 3 rings (SSSR count). The van der Waals surface area contributed by atoms with E-state index < -0.39 is 0 Å². The van der Waals surface area contributed by atoms with Crippen LogP contribution in [-0.4, -0.2) is 42.5 Å². The molecule has 0 atom stereocenters. The summed E-state index contributed by atoms with van der Waals surface area (Å²) in [7, 11) is 0. The SMILES string of the molecule is Cc1ccccc1OCCCC(=O)N1CCC(NC(=O)c2ccccc2)CC1. The van der Waals surface area contributed by atoms with E-state index in [1.807, 2.05) is 66.4 Å². The molecule has 2 aromatic carbocycles. The van der Waals surface area contributed by atoms with Crippen molar-refractivity contribution in [1.82, 2.24) is 10.2 Å². The highest BCUT2D eigenvalue weighted by atomic mass is 16.5. The molecule has 1 saturated heterocycles. The van der Waals surface area contributed by atoms with E-state index in [1.54, 1.807) is 0 Å². The van der Waals surface area contributed by atoms with Crippen LogP contribution in [-0.2, 0) is 4.79 Å². The van der Waals surface area contributed by atoms with E-state index in [0.717, 1.165) is 24.2 Å². The number of likely N-dealkylation sites (tertiary alicyclic amines) is 1. The maximum absolute atomic E-state index is 12.4. The Morgan fingerprint density at radius 3 is 2.43 bits per heavy atom. The van der Waals surface area contributed by atoms with Crippen LogP contribution < -0.4 is 10.1 Å². The minimum atomic E-state index is -0.0428. The van der Waals surface area contributed by atoms with Crippen molar-refractivity contribution in [3.8, 4) is 5.75 Å². The number of amides is 2. The van der Waals surface area contributed by atoms with Gasteiger partial charge in [-0.05, 0) is 49.9 Å². The van der Waals surface area contributed by atoms with Crippen molar-refractivity contribution in [2.24, 2.45) is 0 Å². The lowest BCUT2D eigenvalue weighted by Gasteiger charge is -2.32. The van der Waals surface area contributed by atoms with E-state index in [2.05, 4.69) is 5.32 Å². The van der Waals surface area contributed by atoms with Gasteiger partial charge in [-0.2, -0.15) is 0 Å². The van der Waals surface area contributed by atoms with Gasteiger partial charge in [0.25, 0.3) is 5.91 Å². The van der Waals surface area contributed by atoms with E-state index in [4.69, 9.17) is 4.74 Å².